The summed E-state index contributed by atoms with van der Waals surface area (Å²) in [5.74, 6) is 4.00. The van der Waals surface area contributed by atoms with E-state index in [1.165, 1.54) is 94.0 Å². The van der Waals surface area contributed by atoms with Crippen LogP contribution in [0, 0.1) is 0 Å². The van der Waals surface area contributed by atoms with E-state index < -0.39 is 0 Å². The van der Waals surface area contributed by atoms with Crippen LogP contribution in [0.1, 0.15) is 72.3 Å². The van der Waals surface area contributed by atoms with Gasteiger partial charge in [0.15, 0.2) is 11.5 Å². The molecule has 0 aromatic heterocycles. The highest BCUT2D eigenvalue weighted by Crippen LogP contribution is 2.54. The second-order valence-electron chi connectivity index (χ2n) is 18.3. The van der Waals surface area contributed by atoms with E-state index in [1.807, 2.05) is 0 Å². The maximum atomic E-state index is 6.58. The molecular formula is C62H46N2O2. The first-order valence-electron chi connectivity index (χ1n) is 23.7. The highest BCUT2D eigenvalue weighted by atomic mass is 16.5. The van der Waals surface area contributed by atoms with Gasteiger partial charge in [0, 0.05) is 29.0 Å². The summed E-state index contributed by atoms with van der Waals surface area (Å²) in [6.45, 7) is 0. The molecule has 0 bridgehead atoms. The predicted molar refractivity (Wildman–Crippen MR) is 272 cm³/mol. The van der Waals surface area contributed by atoms with Crippen molar-refractivity contribution in [2.75, 3.05) is 9.80 Å². The molecule has 0 N–H and O–H groups in total. The van der Waals surface area contributed by atoms with Gasteiger partial charge in [-0.3, -0.25) is 0 Å². The molecular weight excluding hydrogens is 805 g/mol. The van der Waals surface area contributed by atoms with Crippen molar-refractivity contribution in [2.45, 2.75) is 50.9 Å². The van der Waals surface area contributed by atoms with Crippen LogP contribution < -0.4 is 14.5 Å². The Labute approximate surface area is 385 Å². The first kappa shape index (κ1) is 37.5. The van der Waals surface area contributed by atoms with E-state index in [0.717, 1.165) is 79.3 Å². The Balaban J connectivity index is 0.950. The predicted octanol–water partition coefficient (Wildman–Crippen LogP) is 16.6. The number of allylic oxidation sites excluding steroid dienone is 8. The van der Waals surface area contributed by atoms with Crippen LogP contribution in [0.3, 0.4) is 0 Å². The number of hydrogen-bond donors (Lipinski definition) is 0. The molecule has 0 saturated heterocycles. The largest absolute Gasteiger partial charge is 0.458 e. The summed E-state index contributed by atoms with van der Waals surface area (Å²) < 4.78 is 13.0. The van der Waals surface area contributed by atoms with Crippen LogP contribution in [0.25, 0.3) is 55.2 Å². The standard InChI is InChI=1S/C62H46N2O2/c1-5-21-46-40(17-1)44(33-35-52(46)63-54-25-9-13-29-58(54)65-59-30-14-10-26-55(59)63)50-37-39-38-51(43-20-4-8-24-49(43)62(39)48-23-7-3-19-42(48)50)45-34-36-53(47-22-6-2-18-41(45)47)64-56-27-11-15-31-60(56)66-61-32-16-12-28-57(61)64/h1-3,5-9,11-12,14-19,21-25,27-28,30-33,35-38,45H,4,10,13,20,26,29,34H2. The third kappa shape index (κ3) is 5.64. The van der Waals surface area contributed by atoms with Crippen molar-refractivity contribution in [1.82, 2.24) is 0 Å². The average Bonchev–Trinajstić information content (AvgIpc) is 3.38. The summed E-state index contributed by atoms with van der Waals surface area (Å²) >= 11 is 0. The molecule has 6 aliphatic rings. The SMILES string of the molecule is C1=CC2=C(CC1)OC1=C(CCC=C1)N2c1ccc(-c2cc3cc(C4CC=C(N5c6ccccc6Oc6ccccc65)c5ccccc54)c4c(c3c3ccccc23)C=CCC4)c2ccccc12. The van der Waals surface area contributed by atoms with E-state index in [2.05, 4.69) is 198 Å². The third-order valence-corrected chi connectivity index (χ3v) is 14.8. The van der Waals surface area contributed by atoms with Crippen LogP contribution in [0.2, 0.25) is 0 Å². The van der Waals surface area contributed by atoms with Gasteiger partial charge in [-0.05, 0) is 147 Å². The molecule has 0 fully saturated rings. The van der Waals surface area contributed by atoms with Gasteiger partial charge < -0.3 is 19.3 Å². The van der Waals surface area contributed by atoms with Crippen LogP contribution in [-0.2, 0) is 11.2 Å². The van der Waals surface area contributed by atoms with Gasteiger partial charge in [-0.1, -0.05) is 140 Å². The number of nitrogens with zero attached hydrogens (tertiary/aromatic N) is 2. The van der Waals surface area contributed by atoms with E-state index >= 15 is 0 Å². The second kappa shape index (κ2) is 14.9. The first-order chi connectivity index (χ1) is 32.8. The fourth-order valence-corrected chi connectivity index (χ4v) is 11.9. The van der Waals surface area contributed by atoms with Crippen LogP contribution in [0.15, 0.2) is 205 Å². The molecule has 66 heavy (non-hydrogen) atoms. The summed E-state index contributed by atoms with van der Waals surface area (Å²) in [6.07, 6.45) is 23.1. The van der Waals surface area contributed by atoms with Gasteiger partial charge in [-0.15, -0.1) is 0 Å². The number of para-hydroxylation sites is 4. The molecule has 8 aromatic carbocycles. The van der Waals surface area contributed by atoms with Gasteiger partial charge >= 0.3 is 0 Å². The Kier molecular flexibility index (Phi) is 8.46. The van der Waals surface area contributed by atoms with Crippen LogP contribution in [-0.4, -0.2) is 0 Å². The lowest BCUT2D eigenvalue weighted by Gasteiger charge is -2.38. The first-order valence-corrected chi connectivity index (χ1v) is 23.7. The van der Waals surface area contributed by atoms with E-state index in [0.29, 0.717) is 0 Å². The number of ether oxygens (including phenoxy) is 2. The molecule has 2 heterocycles. The van der Waals surface area contributed by atoms with Crippen molar-refractivity contribution in [1.29, 1.82) is 0 Å². The molecule has 316 valence electrons. The van der Waals surface area contributed by atoms with Crippen LogP contribution >= 0.6 is 0 Å². The van der Waals surface area contributed by atoms with Gasteiger partial charge in [0.1, 0.15) is 11.5 Å². The lowest BCUT2D eigenvalue weighted by Crippen LogP contribution is -2.30. The van der Waals surface area contributed by atoms with E-state index in [4.69, 9.17) is 9.47 Å². The topological polar surface area (TPSA) is 24.9 Å². The highest BCUT2D eigenvalue weighted by molar-refractivity contribution is 6.19. The number of anilines is 3. The van der Waals surface area contributed by atoms with Gasteiger partial charge in [0.05, 0.1) is 28.5 Å². The van der Waals surface area contributed by atoms with E-state index in [9.17, 15) is 0 Å². The lowest BCUT2D eigenvalue weighted by atomic mass is 9.75. The lowest BCUT2D eigenvalue weighted by molar-refractivity contribution is 0.281. The smallest absolute Gasteiger partial charge is 0.151 e. The number of benzene rings is 8. The fraction of sp³-hybridized carbons (Fsp3) is 0.129. The monoisotopic (exact) mass is 850 g/mol. The van der Waals surface area contributed by atoms with Gasteiger partial charge in [0.25, 0.3) is 0 Å². The minimum absolute atomic E-state index is 0.201. The second-order valence-corrected chi connectivity index (χ2v) is 18.3. The maximum absolute atomic E-state index is 6.58. The minimum atomic E-state index is 0.201. The Bertz CT molecular complexity index is 3550. The van der Waals surface area contributed by atoms with E-state index in [-0.39, 0.29) is 5.92 Å². The van der Waals surface area contributed by atoms with Crippen molar-refractivity contribution in [3.8, 4) is 22.6 Å². The summed E-state index contributed by atoms with van der Waals surface area (Å²) in [5.41, 5.74) is 16.4. The summed E-state index contributed by atoms with van der Waals surface area (Å²) in [7, 11) is 0. The Hall–Kier alpha value is -7.82. The molecule has 1 atom stereocenters. The third-order valence-electron chi connectivity index (χ3n) is 14.8. The minimum Gasteiger partial charge on any atom is -0.458 e. The molecule has 2 aliphatic heterocycles. The number of hydrogen-bond acceptors (Lipinski definition) is 4. The Morgan fingerprint density at radius 3 is 2.02 bits per heavy atom. The molecule has 4 heteroatoms. The van der Waals surface area contributed by atoms with Crippen molar-refractivity contribution >= 4 is 61.2 Å². The van der Waals surface area contributed by atoms with Crippen molar-refractivity contribution in [3.63, 3.8) is 0 Å². The Morgan fingerprint density at radius 1 is 0.485 bits per heavy atom. The van der Waals surface area contributed by atoms with E-state index in [1.54, 1.807) is 0 Å². The molecule has 0 radical (unpaired) electrons. The normalized spacial score (nSPS) is 18.0. The maximum Gasteiger partial charge on any atom is 0.151 e. The van der Waals surface area contributed by atoms with Gasteiger partial charge in [-0.2, -0.15) is 0 Å². The fourth-order valence-electron chi connectivity index (χ4n) is 11.9. The summed E-state index contributed by atoms with van der Waals surface area (Å²) in [4.78, 5) is 4.92. The van der Waals surface area contributed by atoms with Crippen LogP contribution in [0.5, 0.6) is 11.5 Å². The Morgan fingerprint density at radius 2 is 1.17 bits per heavy atom. The molecule has 1 unspecified atom stereocenters. The van der Waals surface area contributed by atoms with Gasteiger partial charge in [-0.25, -0.2) is 0 Å². The van der Waals surface area contributed by atoms with Crippen molar-refractivity contribution in [3.05, 3.63) is 233 Å². The zero-order chi connectivity index (χ0) is 43.3. The zero-order valence-electron chi connectivity index (χ0n) is 36.6. The summed E-state index contributed by atoms with van der Waals surface area (Å²) in [5, 5.41) is 7.74. The molecule has 0 amide bonds. The quantitative estimate of drug-likeness (QED) is 0.165. The molecule has 8 aromatic rings. The number of rotatable bonds is 4. The average molecular weight is 851 g/mol. The van der Waals surface area contributed by atoms with Crippen LogP contribution in [0.4, 0.5) is 17.1 Å². The molecule has 0 saturated carbocycles. The zero-order valence-corrected chi connectivity index (χ0v) is 36.6. The molecule has 4 aliphatic carbocycles. The molecule has 4 nitrogen and oxygen atoms in total. The molecule has 14 rings (SSSR count). The highest BCUT2D eigenvalue weighted by Gasteiger charge is 2.35. The van der Waals surface area contributed by atoms with Crippen molar-refractivity contribution in [2.24, 2.45) is 0 Å². The number of fused-ring (bicyclic) bond motifs is 9. The summed E-state index contributed by atoms with van der Waals surface area (Å²) in [6, 6.07) is 53.9. The van der Waals surface area contributed by atoms with Gasteiger partial charge in [0.2, 0.25) is 0 Å². The molecule has 0 spiro atoms. The van der Waals surface area contributed by atoms with Crippen molar-refractivity contribution < 1.29 is 9.47 Å².